The van der Waals surface area contributed by atoms with Gasteiger partial charge in [-0.2, -0.15) is 10.4 Å². The third kappa shape index (κ3) is 3.69. The van der Waals surface area contributed by atoms with Gasteiger partial charge in [0, 0.05) is 11.0 Å². The maximum Gasteiger partial charge on any atom is 0.163 e. The number of aromatic nitrogens is 3. The SMILES string of the molecule is CC.N#C/C(=C1/SCC(c2ccccc2)S1)n1cncn1. The second-order valence-electron chi connectivity index (χ2n) is 3.92. The molecule has 1 aromatic carbocycles. The van der Waals surface area contributed by atoms with E-state index in [0.29, 0.717) is 10.9 Å². The summed E-state index contributed by atoms with van der Waals surface area (Å²) in [6.45, 7) is 4.00. The minimum Gasteiger partial charge on any atom is -0.223 e. The average Bonchev–Trinajstić information content (AvgIpc) is 3.23. The minimum atomic E-state index is 0.396. The van der Waals surface area contributed by atoms with Gasteiger partial charge in [0.25, 0.3) is 0 Å². The third-order valence-corrected chi connectivity index (χ3v) is 5.67. The molecule has 0 bridgehead atoms. The number of benzene rings is 1. The Morgan fingerprint density at radius 1 is 1.33 bits per heavy atom. The Bertz CT molecular complexity index is 629. The van der Waals surface area contributed by atoms with Crippen molar-refractivity contribution in [2.24, 2.45) is 0 Å². The molecule has 1 aliphatic heterocycles. The fraction of sp³-hybridized carbons (Fsp3) is 0.267. The van der Waals surface area contributed by atoms with Crippen LogP contribution < -0.4 is 0 Å². The van der Waals surface area contributed by atoms with Gasteiger partial charge in [-0.05, 0) is 5.56 Å². The monoisotopic (exact) mass is 316 g/mol. The molecule has 1 atom stereocenters. The molecule has 1 unspecified atom stereocenters. The molecule has 1 aliphatic rings. The van der Waals surface area contributed by atoms with E-state index in [2.05, 4.69) is 28.3 Å². The molecule has 108 valence electrons. The Morgan fingerprint density at radius 3 is 2.71 bits per heavy atom. The minimum absolute atomic E-state index is 0.396. The van der Waals surface area contributed by atoms with Crippen LogP contribution in [0.5, 0.6) is 0 Å². The van der Waals surface area contributed by atoms with E-state index in [4.69, 9.17) is 0 Å². The highest BCUT2D eigenvalue weighted by atomic mass is 32.2. The van der Waals surface area contributed by atoms with Crippen LogP contribution in [0.4, 0.5) is 0 Å². The van der Waals surface area contributed by atoms with E-state index in [1.54, 1.807) is 29.9 Å². The Balaban J connectivity index is 0.000000774. The normalized spacial score (nSPS) is 19.4. The van der Waals surface area contributed by atoms with Gasteiger partial charge in [-0.25, -0.2) is 9.67 Å². The maximum absolute atomic E-state index is 9.29. The van der Waals surface area contributed by atoms with E-state index in [1.165, 1.54) is 16.6 Å². The summed E-state index contributed by atoms with van der Waals surface area (Å²) in [5, 5.41) is 13.7. The molecule has 2 aromatic rings. The van der Waals surface area contributed by atoms with Gasteiger partial charge in [0.05, 0.1) is 4.24 Å². The second-order valence-corrected chi connectivity index (χ2v) is 6.42. The van der Waals surface area contributed by atoms with Crippen molar-refractivity contribution in [2.75, 3.05) is 5.75 Å². The van der Waals surface area contributed by atoms with E-state index in [0.717, 1.165) is 9.99 Å². The summed E-state index contributed by atoms with van der Waals surface area (Å²) >= 11 is 3.43. The quantitative estimate of drug-likeness (QED) is 0.778. The van der Waals surface area contributed by atoms with Crippen LogP contribution in [0.15, 0.2) is 47.2 Å². The number of nitriles is 1. The van der Waals surface area contributed by atoms with Crippen molar-refractivity contribution in [1.29, 1.82) is 5.26 Å². The highest BCUT2D eigenvalue weighted by Gasteiger charge is 2.26. The van der Waals surface area contributed by atoms with Crippen LogP contribution in [0.25, 0.3) is 5.70 Å². The first-order chi connectivity index (χ1) is 10.4. The molecule has 21 heavy (non-hydrogen) atoms. The first-order valence-electron chi connectivity index (χ1n) is 6.72. The standard InChI is InChI=1S/C13H10N4S2.C2H6/c14-6-11(17-9-15-8-16-17)13-18-7-12(19-13)10-4-2-1-3-5-10;1-2/h1-5,8-9,12H,7H2;1-2H3/b13-11+;. The molecule has 3 rings (SSSR count). The smallest absolute Gasteiger partial charge is 0.163 e. The lowest BCUT2D eigenvalue weighted by atomic mass is 10.2. The van der Waals surface area contributed by atoms with Crippen LogP contribution in [-0.4, -0.2) is 20.5 Å². The van der Waals surface area contributed by atoms with Crippen LogP contribution >= 0.6 is 23.5 Å². The summed E-state index contributed by atoms with van der Waals surface area (Å²) in [6.07, 6.45) is 3.00. The summed E-state index contributed by atoms with van der Waals surface area (Å²) in [5.74, 6) is 0.976. The maximum atomic E-state index is 9.29. The molecule has 1 fully saturated rings. The van der Waals surface area contributed by atoms with E-state index >= 15 is 0 Å². The molecule has 0 saturated carbocycles. The Hall–Kier alpha value is -1.71. The molecule has 0 N–H and O–H groups in total. The molecule has 6 heteroatoms. The molecule has 2 heterocycles. The fourth-order valence-corrected chi connectivity index (χ4v) is 4.69. The van der Waals surface area contributed by atoms with Crippen molar-refractivity contribution >= 4 is 29.2 Å². The molecule has 1 saturated heterocycles. The van der Waals surface area contributed by atoms with Crippen LogP contribution in [0.3, 0.4) is 0 Å². The molecule has 0 aliphatic carbocycles. The highest BCUT2D eigenvalue weighted by molar-refractivity contribution is 8.25. The fourth-order valence-electron chi connectivity index (χ4n) is 1.82. The third-order valence-electron chi connectivity index (χ3n) is 2.73. The van der Waals surface area contributed by atoms with Crippen molar-refractivity contribution in [3.63, 3.8) is 0 Å². The van der Waals surface area contributed by atoms with Gasteiger partial charge >= 0.3 is 0 Å². The summed E-state index contributed by atoms with van der Waals surface area (Å²) in [7, 11) is 0. The topological polar surface area (TPSA) is 54.5 Å². The van der Waals surface area contributed by atoms with Crippen molar-refractivity contribution in [2.45, 2.75) is 19.1 Å². The average molecular weight is 316 g/mol. The summed E-state index contributed by atoms with van der Waals surface area (Å²) in [5.41, 5.74) is 1.86. The number of nitrogens with zero attached hydrogens (tertiary/aromatic N) is 4. The molecular formula is C15H16N4S2. The Kier molecular flexibility index (Phi) is 5.90. The van der Waals surface area contributed by atoms with Crippen molar-refractivity contribution in [1.82, 2.24) is 14.8 Å². The second kappa shape index (κ2) is 7.91. The van der Waals surface area contributed by atoms with E-state index in [9.17, 15) is 5.26 Å². The van der Waals surface area contributed by atoms with Crippen LogP contribution in [-0.2, 0) is 0 Å². The zero-order valence-electron chi connectivity index (χ0n) is 11.9. The zero-order chi connectivity index (χ0) is 15.1. The molecule has 4 nitrogen and oxygen atoms in total. The summed E-state index contributed by atoms with van der Waals surface area (Å²) in [6, 6.07) is 12.6. The van der Waals surface area contributed by atoms with Gasteiger partial charge in [-0.15, -0.1) is 23.5 Å². The van der Waals surface area contributed by atoms with Gasteiger partial charge in [-0.3, -0.25) is 0 Å². The Labute approximate surface area is 133 Å². The number of thioether (sulfide) groups is 2. The highest BCUT2D eigenvalue weighted by Crippen LogP contribution is 2.51. The predicted molar refractivity (Wildman–Crippen MR) is 89.4 cm³/mol. The zero-order valence-corrected chi connectivity index (χ0v) is 13.6. The van der Waals surface area contributed by atoms with Gasteiger partial charge in [0.1, 0.15) is 18.7 Å². The van der Waals surface area contributed by atoms with Crippen molar-refractivity contribution < 1.29 is 0 Å². The van der Waals surface area contributed by atoms with E-state index < -0.39 is 0 Å². The Morgan fingerprint density at radius 2 is 2.10 bits per heavy atom. The van der Waals surface area contributed by atoms with E-state index in [-0.39, 0.29) is 0 Å². The molecule has 1 aromatic heterocycles. The van der Waals surface area contributed by atoms with Crippen molar-refractivity contribution in [3.05, 3.63) is 52.8 Å². The molecular weight excluding hydrogens is 300 g/mol. The number of allylic oxidation sites excluding steroid dienone is 1. The lowest BCUT2D eigenvalue weighted by molar-refractivity contribution is 0.911. The first kappa shape index (κ1) is 15.7. The van der Waals surface area contributed by atoms with E-state index in [1.807, 2.05) is 32.0 Å². The summed E-state index contributed by atoms with van der Waals surface area (Å²) in [4.78, 5) is 3.89. The molecule has 0 amide bonds. The van der Waals surface area contributed by atoms with Crippen LogP contribution in [0.2, 0.25) is 0 Å². The number of hydrogen-bond acceptors (Lipinski definition) is 5. The number of hydrogen-bond donors (Lipinski definition) is 0. The van der Waals surface area contributed by atoms with Gasteiger partial charge < -0.3 is 0 Å². The van der Waals surface area contributed by atoms with Gasteiger partial charge in [0.2, 0.25) is 0 Å². The lowest BCUT2D eigenvalue weighted by Crippen LogP contribution is -1.96. The lowest BCUT2D eigenvalue weighted by Gasteiger charge is -2.07. The molecule has 0 spiro atoms. The largest absolute Gasteiger partial charge is 0.223 e. The van der Waals surface area contributed by atoms with Gasteiger partial charge in [-0.1, -0.05) is 44.2 Å². The summed E-state index contributed by atoms with van der Waals surface area (Å²) < 4.78 is 2.55. The van der Waals surface area contributed by atoms with Crippen LogP contribution in [0.1, 0.15) is 24.7 Å². The predicted octanol–water partition coefficient (Wildman–Crippen LogP) is 4.18. The van der Waals surface area contributed by atoms with Crippen molar-refractivity contribution in [3.8, 4) is 6.07 Å². The van der Waals surface area contributed by atoms with Gasteiger partial charge in [0.15, 0.2) is 5.70 Å². The number of rotatable bonds is 2. The first-order valence-corrected chi connectivity index (χ1v) is 8.59. The van der Waals surface area contributed by atoms with Crippen LogP contribution in [0, 0.1) is 11.3 Å². The molecule has 0 radical (unpaired) electrons.